The average Bonchev–Trinajstić information content (AvgIpc) is 3.35. The molecule has 2 amide bonds. The summed E-state index contributed by atoms with van der Waals surface area (Å²) in [5.74, 6) is 1.90. The molecule has 4 unspecified atom stereocenters. The highest BCUT2D eigenvalue weighted by atomic mass is 16.5. The monoisotopic (exact) mass is 455 g/mol. The van der Waals surface area contributed by atoms with Gasteiger partial charge in [0.2, 0.25) is 12.3 Å². The number of methoxy groups -OCH3 is 1. The van der Waals surface area contributed by atoms with Gasteiger partial charge < -0.3 is 20.7 Å². The van der Waals surface area contributed by atoms with Gasteiger partial charge in [0.05, 0.1) is 13.2 Å². The minimum Gasteiger partial charge on any atom is -0.497 e. The van der Waals surface area contributed by atoms with Crippen LogP contribution in [0.4, 0.5) is 11.4 Å². The number of carbonyl (C=O) groups is 2. The van der Waals surface area contributed by atoms with Crippen molar-refractivity contribution in [2.24, 2.45) is 0 Å². The number of benzene rings is 3. The first kappa shape index (κ1) is 22.2. The molecular weight excluding hydrogens is 426 g/mol. The summed E-state index contributed by atoms with van der Waals surface area (Å²) in [5, 5.41) is 8.98. The van der Waals surface area contributed by atoms with Gasteiger partial charge in [0.25, 0.3) is 0 Å². The first-order valence-electron chi connectivity index (χ1n) is 11.8. The molecule has 6 nitrogen and oxygen atoms in total. The predicted molar refractivity (Wildman–Crippen MR) is 133 cm³/mol. The van der Waals surface area contributed by atoms with E-state index in [-0.39, 0.29) is 11.9 Å². The molecule has 0 aromatic heterocycles. The molecule has 0 radical (unpaired) electrons. The van der Waals surface area contributed by atoms with Crippen molar-refractivity contribution < 1.29 is 14.3 Å². The number of hydrogen-bond donors (Lipinski definition) is 3. The fraction of sp³-hybridized carbons (Fsp3) is 0.286. The van der Waals surface area contributed by atoms with Gasteiger partial charge in [-0.2, -0.15) is 0 Å². The van der Waals surface area contributed by atoms with E-state index >= 15 is 0 Å². The van der Waals surface area contributed by atoms with Crippen LogP contribution in [0.5, 0.6) is 5.75 Å². The lowest BCUT2D eigenvalue weighted by Crippen LogP contribution is -2.35. The van der Waals surface area contributed by atoms with E-state index in [1.54, 1.807) is 7.11 Å². The molecule has 1 aliphatic carbocycles. The molecule has 6 heteroatoms. The molecule has 5 rings (SSSR count). The molecule has 3 aromatic rings. The molecular formula is C28H29N3O3. The van der Waals surface area contributed by atoms with Gasteiger partial charge in [-0.05, 0) is 90.2 Å². The number of carbonyl (C=O) groups excluding carboxylic acids is 2. The van der Waals surface area contributed by atoms with E-state index in [9.17, 15) is 9.59 Å². The number of amides is 2. The van der Waals surface area contributed by atoms with Gasteiger partial charge in [-0.3, -0.25) is 9.59 Å². The highest BCUT2D eigenvalue weighted by Crippen LogP contribution is 2.66. The predicted octanol–water partition coefficient (Wildman–Crippen LogP) is 4.62. The molecule has 2 aliphatic rings. The van der Waals surface area contributed by atoms with E-state index in [1.165, 1.54) is 16.7 Å². The van der Waals surface area contributed by atoms with Gasteiger partial charge in [0.15, 0.2) is 0 Å². The Hall–Kier alpha value is -3.64. The standard InChI is InChI=1S/C28H29N3O3/c1-34-23-14-8-20(9-15-23)27-25(18-4-10-21(11-5-18)30-17-32)26(27)19-6-12-22(13-7-19)31-28(33)24-3-2-16-29-24/h4-15,17,24-27,29H,2-3,16H2,1H3,(H,30,32)(H,31,33). The van der Waals surface area contributed by atoms with Crippen LogP contribution in [0, 0.1) is 0 Å². The SMILES string of the molecule is COc1ccc(C2C(c3ccc(NC=O)cc3)C2c2ccc(NC(=O)C3CCCN3)cc2)cc1. The Morgan fingerprint density at radius 2 is 1.38 bits per heavy atom. The third-order valence-corrected chi connectivity index (χ3v) is 6.98. The fourth-order valence-corrected chi connectivity index (χ4v) is 5.18. The lowest BCUT2D eigenvalue weighted by atomic mass is 10.0. The minimum atomic E-state index is -0.0939. The summed E-state index contributed by atoms with van der Waals surface area (Å²) in [6, 6.07) is 24.5. The summed E-state index contributed by atoms with van der Waals surface area (Å²) in [6.45, 7) is 0.902. The van der Waals surface area contributed by atoms with Crippen LogP contribution in [0.3, 0.4) is 0 Å². The average molecular weight is 456 g/mol. The Morgan fingerprint density at radius 3 is 1.85 bits per heavy atom. The van der Waals surface area contributed by atoms with Crippen molar-refractivity contribution >= 4 is 23.7 Å². The molecule has 34 heavy (non-hydrogen) atoms. The Balaban J connectivity index is 1.37. The van der Waals surface area contributed by atoms with Crippen molar-refractivity contribution in [3.63, 3.8) is 0 Å². The Morgan fingerprint density at radius 1 is 0.853 bits per heavy atom. The second-order valence-electron chi connectivity index (χ2n) is 8.99. The third-order valence-electron chi connectivity index (χ3n) is 6.98. The third kappa shape index (κ3) is 4.54. The normalized spacial score (nSPS) is 23.2. The van der Waals surface area contributed by atoms with Gasteiger partial charge in [-0.15, -0.1) is 0 Å². The molecule has 1 saturated carbocycles. The summed E-state index contributed by atoms with van der Waals surface area (Å²) in [4.78, 5) is 23.2. The number of nitrogens with one attached hydrogen (secondary N) is 3. The molecule has 0 bridgehead atoms. The Labute approximate surface area is 199 Å². The summed E-state index contributed by atoms with van der Waals surface area (Å²) < 4.78 is 5.34. The number of ether oxygens (including phenoxy) is 1. The van der Waals surface area contributed by atoms with Gasteiger partial charge in [0.1, 0.15) is 5.75 Å². The lowest BCUT2D eigenvalue weighted by molar-refractivity contribution is -0.117. The van der Waals surface area contributed by atoms with Crippen LogP contribution in [0.15, 0.2) is 72.8 Å². The number of anilines is 2. The smallest absolute Gasteiger partial charge is 0.241 e. The minimum absolute atomic E-state index is 0.0367. The maximum absolute atomic E-state index is 12.4. The molecule has 1 aliphatic heterocycles. The first-order valence-corrected chi connectivity index (χ1v) is 11.8. The maximum atomic E-state index is 12.4. The zero-order valence-corrected chi connectivity index (χ0v) is 19.2. The van der Waals surface area contributed by atoms with E-state index in [2.05, 4.69) is 52.3 Å². The zero-order chi connectivity index (χ0) is 23.5. The lowest BCUT2D eigenvalue weighted by Gasteiger charge is -2.11. The summed E-state index contributed by atoms with van der Waals surface area (Å²) in [5.41, 5.74) is 5.37. The quantitative estimate of drug-likeness (QED) is 0.433. The highest BCUT2D eigenvalue weighted by molar-refractivity contribution is 5.95. The van der Waals surface area contributed by atoms with Crippen LogP contribution < -0.4 is 20.7 Å². The first-order chi connectivity index (χ1) is 16.7. The summed E-state index contributed by atoms with van der Waals surface area (Å²) >= 11 is 0. The zero-order valence-electron chi connectivity index (χ0n) is 19.2. The van der Waals surface area contributed by atoms with E-state index in [1.807, 2.05) is 36.4 Å². The Bertz CT molecular complexity index is 1140. The van der Waals surface area contributed by atoms with E-state index < -0.39 is 0 Å². The van der Waals surface area contributed by atoms with E-state index in [0.717, 1.165) is 36.5 Å². The van der Waals surface area contributed by atoms with E-state index in [0.29, 0.717) is 24.2 Å². The highest BCUT2D eigenvalue weighted by Gasteiger charge is 2.52. The van der Waals surface area contributed by atoms with Crippen LogP contribution in [0.2, 0.25) is 0 Å². The van der Waals surface area contributed by atoms with Crippen LogP contribution in [-0.4, -0.2) is 32.0 Å². The maximum Gasteiger partial charge on any atom is 0.241 e. The van der Waals surface area contributed by atoms with Crippen LogP contribution in [0.1, 0.15) is 47.3 Å². The van der Waals surface area contributed by atoms with Crippen molar-refractivity contribution in [3.8, 4) is 5.75 Å². The molecule has 1 heterocycles. The summed E-state index contributed by atoms with van der Waals surface area (Å²) in [7, 11) is 1.68. The number of rotatable bonds is 8. The second-order valence-corrected chi connectivity index (χ2v) is 8.99. The van der Waals surface area contributed by atoms with E-state index in [4.69, 9.17) is 4.74 Å². The molecule has 174 valence electrons. The molecule has 3 aromatic carbocycles. The van der Waals surface area contributed by atoms with Crippen molar-refractivity contribution in [1.29, 1.82) is 0 Å². The van der Waals surface area contributed by atoms with Crippen LogP contribution >= 0.6 is 0 Å². The molecule has 4 atom stereocenters. The summed E-state index contributed by atoms with van der Waals surface area (Å²) in [6.07, 6.45) is 2.62. The van der Waals surface area contributed by atoms with Gasteiger partial charge in [-0.1, -0.05) is 36.4 Å². The number of hydrogen-bond acceptors (Lipinski definition) is 4. The molecule has 2 fully saturated rings. The molecule has 1 saturated heterocycles. The van der Waals surface area contributed by atoms with Crippen molar-refractivity contribution in [1.82, 2.24) is 5.32 Å². The topological polar surface area (TPSA) is 79.5 Å². The molecule has 3 N–H and O–H groups in total. The largest absolute Gasteiger partial charge is 0.497 e. The van der Waals surface area contributed by atoms with Gasteiger partial charge in [0, 0.05) is 11.4 Å². The van der Waals surface area contributed by atoms with Crippen LogP contribution in [-0.2, 0) is 9.59 Å². The fourth-order valence-electron chi connectivity index (χ4n) is 5.18. The second kappa shape index (κ2) is 9.69. The van der Waals surface area contributed by atoms with Crippen molar-refractivity contribution in [3.05, 3.63) is 89.5 Å². The van der Waals surface area contributed by atoms with Crippen molar-refractivity contribution in [2.75, 3.05) is 24.3 Å². The molecule has 0 spiro atoms. The van der Waals surface area contributed by atoms with Gasteiger partial charge >= 0.3 is 0 Å². The van der Waals surface area contributed by atoms with Crippen molar-refractivity contribution in [2.45, 2.75) is 36.6 Å². The van der Waals surface area contributed by atoms with Gasteiger partial charge in [-0.25, -0.2) is 0 Å². The Kier molecular flexibility index (Phi) is 6.32. The van der Waals surface area contributed by atoms with Crippen LogP contribution in [0.25, 0.3) is 0 Å².